The summed E-state index contributed by atoms with van der Waals surface area (Å²) in [6.45, 7) is 0. The summed E-state index contributed by atoms with van der Waals surface area (Å²) in [4.78, 5) is 27.4. The molecular weight excluding hydrogens is 316 g/mol. The number of aromatic nitrogens is 2. The maximum Gasteiger partial charge on any atom is 0.337 e. The largest absolute Gasteiger partial charge is 0.478 e. The van der Waals surface area contributed by atoms with Gasteiger partial charge in [0.15, 0.2) is 0 Å². The van der Waals surface area contributed by atoms with Crippen molar-refractivity contribution in [3.63, 3.8) is 0 Å². The number of hydrogen-bond acceptors (Lipinski definition) is 3. The maximum atomic E-state index is 12.1. The number of carboxylic acids is 1. The lowest BCUT2D eigenvalue weighted by atomic mass is 10.2. The molecule has 0 aliphatic rings. The highest BCUT2D eigenvalue weighted by Gasteiger charge is 2.06. The SMILES string of the molecule is O=C(O)c1ccc2nc(C=Cc3cccc(Cl)c3)cc(=O)n2c1. The first-order chi connectivity index (χ1) is 11.0. The zero-order chi connectivity index (χ0) is 16.4. The second-order valence-corrected chi connectivity index (χ2v) is 5.30. The third kappa shape index (κ3) is 3.30. The van der Waals surface area contributed by atoms with Crippen molar-refractivity contribution >= 4 is 35.4 Å². The van der Waals surface area contributed by atoms with Crippen molar-refractivity contribution in [2.24, 2.45) is 0 Å². The van der Waals surface area contributed by atoms with E-state index in [1.807, 2.05) is 12.1 Å². The van der Waals surface area contributed by atoms with Gasteiger partial charge < -0.3 is 5.11 Å². The number of carboxylic acid groups (broad SMARTS) is 1. The van der Waals surface area contributed by atoms with Gasteiger partial charge in [-0.15, -0.1) is 0 Å². The zero-order valence-electron chi connectivity index (χ0n) is 11.8. The molecule has 0 atom stereocenters. The van der Waals surface area contributed by atoms with E-state index in [1.165, 1.54) is 28.8 Å². The first kappa shape index (κ1) is 15.0. The van der Waals surface area contributed by atoms with E-state index in [9.17, 15) is 9.59 Å². The predicted molar refractivity (Wildman–Crippen MR) is 88.8 cm³/mol. The standard InChI is InChI=1S/C17H11ClN2O3/c18-13-3-1-2-11(8-13)4-6-14-9-16(21)20-10-12(17(22)23)5-7-15(20)19-14/h1-10H,(H,22,23). The summed E-state index contributed by atoms with van der Waals surface area (Å²) in [5, 5.41) is 9.59. The lowest BCUT2D eigenvalue weighted by molar-refractivity contribution is 0.0696. The van der Waals surface area contributed by atoms with Gasteiger partial charge in [-0.3, -0.25) is 9.20 Å². The summed E-state index contributed by atoms with van der Waals surface area (Å²) >= 11 is 5.92. The Morgan fingerprint density at radius 3 is 2.74 bits per heavy atom. The highest BCUT2D eigenvalue weighted by Crippen LogP contribution is 2.13. The molecule has 0 amide bonds. The third-order valence-electron chi connectivity index (χ3n) is 3.22. The molecule has 0 radical (unpaired) electrons. The van der Waals surface area contributed by atoms with Crippen molar-refractivity contribution < 1.29 is 9.90 Å². The van der Waals surface area contributed by atoms with Gasteiger partial charge in [0.1, 0.15) is 5.65 Å². The number of benzene rings is 1. The third-order valence-corrected chi connectivity index (χ3v) is 3.46. The topological polar surface area (TPSA) is 71.7 Å². The predicted octanol–water partition coefficient (Wildman–Crippen LogP) is 3.22. The second-order valence-electron chi connectivity index (χ2n) is 4.86. The zero-order valence-corrected chi connectivity index (χ0v) is 12.6. The minimum absolute atomic E-state index is 0.0311. The molecule has 0 bridgehead atoms. The lowest BCUT2D eigenvalue weighted by Gasteiger charge is -2.02. The average Bonchev–Trinajstić information content (AvgIpc) is 2.52. The monoisotopic (exact) mass is 326 g/mol. The van der Waals surface area contributed by atoms with Crippen LogP contribution < -0.4 is 5.56 Å². The molecule has 0 unspecified atom stereocenters. The molecule has 2 aromatic heterocycles. The van der Waals surface area contributed by atoms with Crippen molar-refractivity contribution in [2.45, 2.75) is 0 Å². The van der Waals surface area contributed by atoms with Crippen molar-refractivity contribution in [3.8, 4) is 0 Å². The smallest absolute Gasteiger partial charge is 0.337 e. The minimum Gasteiger partial charge on any atom is -0.478 e. The van der Waals surface area contributed by atoms with Crippen LogP contribution in [0.5, 0.6) is 0 Å². The number of nitrogens with zero attached hydrogens (tertiary/aromatic N) is 2. The van der Waals surface area contributed by atoms with Gasteiger partial charge in [-0.2, -0.15) is 0 Å². The van der Waals surface area contributed by atoms with E-state index in [4.69, 9.17) is 16.7 Å². The van der Waals surface area contributed by atoms with E-state index in [2.05, 4.69) is 4.98 Å². The van der Waals surface area contributed by atoms with Gasteiger partial charge >= 0.3 is 5.97 Å². The minimum atomic E-state index is -1.09. The summed E-state index contributed by atoms with van der Waals surface area (Å²) in [5.41, 5.74) is 1.44. The molecule has 0 aliphatic heterocycles. The fourth-order valence-electron chi connectivity index (χ4n) is 2.12. The quantitative estimate of drug-likeness (QED) is 0.802. The van der Waals surface area contributed by atoms with E-state index < -0.39 is 5.97 Å². The molecule has 0 saturated carbocycles. The van der Waals surface area contributed by atoms with Gasteiger partial charge in [0.25, 0.3) is 5.56 Å². The highest BCUT2D eigenvalue weighted by molar-refractivity contribution is 6.30. The Labute approximate surface area is 136 Å². The van der Waals surface area contributed by atoms with Crippen LogP contribution >= 0.6 is 11.6 Å². The molecule has 0 spiro atoms. The summed E-state index contributed by atoms with van der Waals surface area (Å²) in [6, 6.07) is 11.5. The fraction of sp³-hybridized carbons (Fsp3) is 0. The molecule has 5 nitrogen and oxygen atoms in total. The van der Waals surface area contributed by atoms with E-state index in [0.29, 0.717) is 16.4 Å². The van der Waals surface area contributed by atoms with Gasteiger partial charge in [-0.05, 0) is 35.9 Å². The normalized spacial score (nSPS) is 11.2. The molecule has 2 heterocycles. The Kier molecular flexibility index (Phi) is 3.95. The molecule has 3 rings (SSSR count). The van der Waals surface area contributed by atoms with E-state index >= 15 is 0 Å². The van der Waals surface area contributed by atoms with Gasteiger partial charge in [-0.1, -0.05) is 29.8 Å². The van der Waals surface area contributed by atoms with Crippen LogP contribution in [-0.2, 0) is 0 Å². The Morgan fingerprint density at radius 1 is 1.17 bits per heavy atom. The second kappa shape index (κ2) is 6.06. The van der Waals surface area contributed by atoms with Crippen LogP contribution in [-0.4, -0.2) is 20.5 Å². The maximum absolute atomic E-state index is 12.1. The average molecular weight is 327 g/mol. The lowest BCUT2D eigenvalue weighted by Crippen LogP contribution is -2.15. The van der Waals surface area contributed by atoms with Crippen LogP contribution in [0.2, 0.25) is 5.02 Å². The summed E-state index contributed by atoms with van der Waals surface area (Å²) in [7, 11) is 0. The van der Waals surface area contributed by atoms with Crippen molar-refractivity contribution in [1.29, 1.82) is 0 Å². The van der Waals surface area contributed by atoms with Crippen LogP contribution in [0.3, 0.4) is 0 Å². The summed E-state index contributed by atoms with van der Waals surface area (Å²) in [6.07, 6.45) is 4.77. The molecule has 114 valence electrons. The highest BCUT2D eigenvalue weighted by atomic mass is 35.5. The summed E-state index contributed by atoms with van der Waals surface area (Å²) in [5.74, 6) is -1.09. The molecule has 0 fully saturated rings. The van der Waals surface area contributed by atoms with Crippen molar-refractivity contribution in [1.82, 2.24) is 9.38 Å². The van der Waals surface area contributed by atoms with E-state index in [1.54, 1.807) is 24.3 Å². The van der Waals surface area contributed by atoms with Gasteiger partial charge in [-0.25, -0.2) is 9.78 Å². The number of halogens is 1. The first-order valence-corrected chi connectivity index (χ1v) is 7.11. The number of pyridine rings is 1. The molecule has 6 heteroatoms. The molecule has 1 aromatic carbocycles. The number of aromatic carboxylic acids is 1. The Hall–Kier alpha value is -2.92. The fourth-order valence-corrected chi connectivity index (χ4v) is 2.32. The Balaban J connectivity index is 2.01. The van der Waals surface area contributed by atoms with Gasteiger partial charge in [0.05, 0.1) is 11.3 Å². The number of fused-ring (bicyclic) bond motifs is 1. The van der Waals surface area contributed by atoms with Crippen LogP contribution in [0.15, 0.2) is 53.5 Å². The van der Waals surface area contributed by atoms with Crippen molar-refractivity contribution in [3.05, 3.63) is 80.9 Å². The number of hydrogen-bond donors (Lipinski definition) is 1. The van der Waals surface area contributed by atoms with Crippen LogP contribution in [0, 0.1) is 0 Å². The number of carbonyl (C=O) groups is 1. The van der Waals surface area contributed by atoms with E-state index in [-0.39, 0.29) is 11.1 Å². The van der Waals surface area contributed by atoms with Crippen LogP contribution in [0.1, 0.15) is 21.6 Å². The van der Waals surface area contributed by atoms with E-state index in [0.717, 1.165) is 5.56 Å². The Bertz CT molecular complexity index is 993. The van der Waals surface area contributed by atoms with Crippen molar-refractivity contribution in [2.75, 3.05) is 0 Å². The Morgan fingerprint density at radius 2 is 2.00 bits per heavy atom. The van der Waals surface area contributed by atoms with Gasteiger partial charge in [0, 0.05) is 17.3 Å². The first-order valence-electron chi connectivity index (χ1n) is 6.73. The molecule has 0 aliphatic carbocycles. The van der Waals surface area contributed by atoms with Crippen LogP contribution in [0.25, 0.3) is 17.8 Å². The summed E-state index contributed by atoms with van der Waals surface area (Å²) < 4.78 is 1.21. The van der Waals surface area contributed by atoms with Gasteiger partial charge in [0.2, 0.25) is 0 Å². The molecule has 23 heavy (non-hydrogen) atoms. The molecule has 3 aromatic rings. The number of rotatable bonds is 3. The van der Waals surface area contributed by atoms with Crippen LogP contribution in [0.4, 0.5) is 0 Å². The molecular formula is C17H11ClN2O3. The molecule has 1 N–H and O–H groups in total. The molecule has 0 saturated heterocycles.